The first-order valence-corrected chi connectivity index (χ1v) is 10.8. The standard InChI is InChI=1S/C22H22FN7O/c23-14-7-3-8-15-17(14)22(31)30(13-5-1-2-6-13)20(28-15)16-9-4-10-29(16)21-18-19(25-11-24-18)26-12-27-21/h3,7-8,11-13,16H,1-2,4-6,9-10H2,(H,24,25,26,27)/t16-/m0/s1. The Balaban J connectivity index is 1.57. The molecule has 1 saturated carbocycles. The summed E-state index contributed by atoms with van der Waals surface area (Å²) in [6.45, 7) is 0.789. The van der Waals surface area contributed by atoms with Gasteiger partial charge in [0.15, 0.2) is 11.5 Å². The quantitative estimate of drug-likeness (QED) is 0.545. The smallest absolute Gasteiger partial charge is 0.264 e. The molecule has 4 heterocycles. The predicted octanol–water partition coefficient (Wildman–Crippen LogP) is 3.66. The number of anilines is 1. The van der Waals surface area contributed by atoms with Crippen LogP contribution in [0.5, 0.6) is 0 Å². The maximum absolute atomic E-state index is 14.6. The van der Waals surface area contributed by atoms with E-state index in [1.54, 1.807) is 23.0 Å². The van der Waals surface area contributed by atoms with Crippen LogP contribution in [0.4, 0.5) is 10.2 Å². The maximum atomic E-state index is 14.6. The molecule has 1 N–H and O–H groups in total. The van der Waals surface area contributed by atoms with Crippen molar-refractivity contribution in [3.8, 4) is 0 Å². The average molecular weight is 419 g/mol. The van der Waals surface area contributed by atoms with Crippen molar-refractivity contribution in [2.24, 2.45) is 0 Å². The molecular formula is C22H22FN7O. The Hall–Kier alpha value is -3.36. The molecule has 1 saturated heterocycles. The number of halogens is 1. The van der Waals surface area contributed by atoms with E-state index in [2.05, 4.69) is 24.8 Å². The zero-order chi connectivity index (χ0) is 20.9. The van der Waals surface area contributed by atoms with Crippen LogP contribution in [0.2, 0.25) is 0 Å². The second kappa shape index (κ2) is 7.11. The summed E-state index contributed by atoms with van der Waals surface area (Å²) in [4.78, 5) is 36.8. The topological polar surface area (TPSA) is 92.6 Å². The molecule has 1 aliphatic carbocycles. The minimum atomic E-state index is -0.508. The molecule has 1 aliphatic heterocycles. The summed E-state index contributed by atoms with van der Waals surface area (Å²) in [6.07, 6.45) is 8.90. The first kappa shape index (κ1) is 18.4. The van der Waals surface area contributed by atoms with Crippen molar-refractivity contribution in [2.45, 2.75) is 50.6 Å². The van der Waals surface area contributed by atoms with Crippen LogP contribution in [0.25, 0.3) is 22.1 Å². The fraction of sp³-hybridized carbons (Fsp3) is 0.409. The minimum absolute atomic E-state index is 0.0547. The van der Waals surface area contributed by atoms with Crippen molar-refractivity contribution in [3.63, 3.8) is 0 Å². The van der Waals surface area contributed by atoms with Crippen molar-refractivity contribution in [1.82, 2.24) is 29.5 Å². The van der Waals surface area contributed by atoms with Crippen molar-refractivity contribution >= 4 is 27.9 Å². The lowest BCUT2D eigenvalue weighted by Gasteiger charge is -2.29. The number of hydrogen-bond donors (Lipinski definition) is 1. The van der Waals surface area contributed by atoms with Crippen molar-refractivity contribution in [1.29, 1.82) is 0 Å². The van der Waals surface area contributed by atoms with E-state index >= 15 is 0 Å². The average Bonchev–Trinajstić information content (AvgIpc) is 3.54. The van der Waals surface area contributed by atoms with Gasteiger partial charge in [0.05, 0.1) is 17.9 Å². The highest BCUT2D eigenvalue weighted by molar-refractivity contribution is 5.83. The van der Waals surface area contributed by atoms with E-state index in [1.165, 1.54) is 12.4 Å². The molecule has 0 unspecified atom stereocenters. The zero-order valence-electron chi connectivity index (χ0n) is 17.0. The highest BCUT2D eigenvalue weighted by Crippen LogP contribution is 2.39. The number of aromatic nitrogens is 6. The van der Waals surface area contributed by atoms with Gasteiger partial charge < -0.3 is 9.88 Å². The number of rotatable bonds is 3. The molecule has 0 radical (unpaired) electrons. The van der Waals surface area contributed by atoms with E-state index in [0.717, 1.165) is 56.4 Å². The van der Waals surface area contributed by atoms with Gasteiger partial charge in [0.1, 0.15) is 28.9 Å². The highest BCUT2D eigenvalue weighted by Gasteiger charge is 2.35. The number of imidazole rings is 1. The number of benzene rings is 1. The molecule has 4 aromatic rings. The monoisotopic (exact) mass is 419 g/mol. The lowest BCUT2D eigenvalue weighted by Crippen LogP contribution is -2.34. The van der Waals surface area contributed by atoms with Crippen LogP contribution in [0.3, 0.4) is 0 Å². The Bertz CT molecular complexity index is 1340. The number of nitrogens with zero attached hydrogens (tertiary/aromatic N) is 6. The number of hydrogen-bond acceptors (Lipinski definition) is 6. The minimum Gasteiger partial charge on any atom is -0.345 e. The third-order valence-electron chi connectivity index (χ3n) is 6.62. The van der Waals surface area contributed by atoms with Gasteiger partial charge in [0, 0.05) is 12.6 Å². The van der Waals surface area contributed by atoms with Crippen LogP contribution >= 0.6 is 0 Å². The fourth-order valence-corrected chi connectivity index (χ4v) is 5.23. The number of H-pyrrole nitrogens is 1. The van der Waals surface area contributed by atoms with Gasteiger partial charge in [-0.05, 0) is 37.8 Å². The molecule has 31 heavy (non-hydrogen) atoms. The zero-order valence-corrected chi connectivity index (χ0v) is 17.0. The second-order valence-electron chi connectivity index (χ2n) is 8.37. The van der Waals surface area contributed by atoms with Gasteiger partial charge in [0.25, 0.3) is 5.56 Å². The molecule has 2 fully saturated rings. The molecule has 1 aromatic carbocycles. The number of fused-ring (bicyclic) bond motifs is 2. The number of nitrogens with one attached hydrogen (secondary N) is 1. The molecule has 0 spiro atoms. The van der Waals surface area contributed by atoms with Crippen molar-refractivity contribution in [2.75, 3.05) is 11.4 Å². The molecule has 0 amide bonds. The van der Waals surface area contributed by atoms with Crippen LogP contribution < -0.4 is 10.5 Å². The molecule has 1 atom stereocenters. The van der Waals surface area contributed by atoms with Crippen LogP contribution in [0, 0.1) is 5.82 Å². The largest absolute Gasteiger partial charge is 0.345 e. The Morgan fingerprint density at radius 1 is 1.06 bits per heavy atom. The SMILES string of the molecule is O=c1c2c(F)cccc2nc([C@@H]2CCCN2c2ncnc3nc[nH]c23)n1C1CCCC1. The molecule has 6 rings (SSSR count). The van der Waals surface area contributed by atoms with Gasteiger partial charge in [-0.25, -0.2) is 24.3 Å². The van der Waals surface area contributed by atoms with E-state index < -0.39 is 5.82 Å². The van der Waals surface area contributed by atoms with Gasteiger partial charge in [-0.2, -0.15) is 0 Å². The van der Waals surface area contributed by atoms with Gasteiger partial charge in [0.2, 0.25) is 0 Å². The molecule has 0 bridgehead atoms. The van der Waals surface area contributed by atoms with E-state index in [-0.39, 0.29) is 23.0 Å². The van der Waals surface area contributed by atoms with Gasteiger partial charge >= 0.3 is 0 Å². The summed E-state index contributed by atoms with van der Waals surface area (Å²) in [5.74, 6) is 0.960. The summed E-state index contributed by atoms with van der Waals surface area (Å²) in [6, 6.07) is 4.60. The summed E-state index contributed by atoms with van der Waals surface area (Å²) in [7, 11) is 0. The molecule has 158 valence electrons. The normalized spacial score (nSPS) is 19.8. The summed E-state index contributed by atoms with van der Waals surface area (Å²) in [5.41, 5.74) is 1.52. The lowest BCUT2D eigenvalue weighted by molar-refractivity contribution is 0.453. The molecule has 9 heteroatoms. The van der Waals surface area contributed by atoms with E-state index in [1.807, 2.05) is 0 Å². The Morgan fingerprint density at radius 3 is 2.81 bits per heavy atom. The van der Waals surface area contributed by atoms with Gasteiger partial charge in [-0.15, -0.1) is 0 Å². The first-order valence-electron chi connectivity index (χ1n) is 10.8. The second-order valence-corrected chi connectivity index (χ2v) is 8.37. The first-order chi connectivity index (χ1) is 15.2. The molecule has 2 aliphatic rings. The van der Waals surface area contributed by atoms with Crippen molar-refractivity contribution < 1.29 is 4.39 Å². The Labute approximate surface area is 177 Å². The third kappa shape index (κ3) is 2.83. The summed E-state index contributed by atoms with van der Waals surface area (Å²) >= 11 is 0. The predicted molar refractivity (Wildman–Crippen MR) is 114 cm³/mol. The summed E-state index contributed by atoms with van der Waals surface area (Å²) in [5, 5.41) is 0.0840. The number of aromatic amines is 1. The van der Waals surface area contributed by atoms with Crippen LogP contribution in [-0.2, 0) is 0 Å². The van der Waals surface area contributed by atoms with Crippen molar-refractivity contribution in [3.05, 3.63) is 52.8 Å². The fourth-order valence-electron chi connectivity index (χ4n) is 5.23. The van der Waals surface area contributed by atoms with E-state index in [0.29, 0.717) is 17.0 Å². The lowest BCUT2D eigenvalue weighted by atomic mass is 10.1. The Morgan fingerprint density at radius 2 is 1.94 bits per heavy atom. The van der Waals surface area contributed by atoms with E-state index in [9.17, 15) is 9.18 Å². The maximum Gasteiger partial charge on any atom is 0.264 e. The van der Waals surface area contributed by atoms with E-state index in [4.69, 9.17) is 4.98 Å². The van der Waals surface area contributed by atoms with Crippen LogP contribution in [0.15, 0.2) is 35.6 Å². The highest BCUT2D eigenvalue weighted by atomic mass is 19.1. The molecular weight excluding hydrogens is 397 g/mol. The van der Waals surface area contributed by atoms with Crippen LogP contribution in [0.1, 0.15) is 56.4 Å². The Kier molecular flexibility index (Phi) is 4.22. The van der Waals surface area contributed by atoms with Crippen LogP contribution in [-0.4, -0.2) is 36.0 Å². The summed E-state index contributed by atoms with van der Waals surface area (Å²) < 4.78 is 16.4. The molecule has 8 nitrogen and oxygen atoms in total. The van der Waals surface area contributed by atoms with Gasteiger partial charge in [-0.1, -0.05) is 18.9 Å². The van der Waals surface area contributed by atoms with Gasteiger partial charge in [-0.3, -0.25) is 9.36 Å². The third-order valence-corrected chi connectivity index (χ3v) is 6.62. The molecule has 3 aromatic heterocycles.